The van der Waals surface area contributed by atoms with Crippen LogP contribution in [-0.2, 0) is 16.0 Å². The maximum absolute atomic E-state index is 12.1. The zero-order valence-corrected chi connectivity index (χ0v) is 13.4. The van der Waals surface area contributed by atoms with Gasteiger partial charge in [0.2, 0.25) is 5.43 Å². The van der Waals surface area contributed by atoms with Gasteiger partial charge in [0, 0.05) is 17.6 Å². The fourth-order valence-corrected chi connectivity index (χ4v) is 2.42. The van der Waals surface area contributed by atoms with E-state index < -0.39 is 11.3 Å². The lowest BCUT2D eigenvalue weighted by atomic mass is 10.3. The molecule has 0 saturated carbocycles. The van der Waals surface area contributed by atoms with Gasteiger partial charge in [-0.05, 0) is 6.92 Å². The van der Waals surface area contributed by atoms with Gasteiger partial charge in [-0.2, -0.15) is 0 Å². The van der Waals surface area contributed by atoms with Crippen molar-refractivity contribution >= 4 is 28.3 Å². The van der Waals surface area contributed by atoms with Crippen molar-refractivity contribution in [2.75, 3.05) is 19.0 Å². The zero-order valence-electron chi connectivity index (χ0n) is 12.5. The van der Waals surface area contributed by atoms with E-state index in [0.29, 0.717) is 17.4 Å². The van der Waals surface area contributed by atoms with E-state index in [0.717, 1.165) is 6.07 Å². The smallest absolute Gasteiger partial charge is 0.311 e. The number of rotatable bonds is 6. The summed E-state index contributed by atoms with van der Waals surface area (Å²) in [5.74, 6) is -0.774. The van der Waals surface area contributed by atoms with Crippen molar-refractivity contribution in [3.05, 3.63) is 39.3 Å². The summed E-state index contributed by atoms with van der Waals surface area (Å²) >= 11 is 1.18. The minimum absolute atomic E-state index is 0.0412. The SMILES string of the molecule is CCOC(=O)Cc1csc(NC(=O)c2cc(=O)c(OC)c[nH]2)n1. The van der Waals surface area contributed by atoms with E-state index >= 15 is 0 Å². The summed E-state index contributed by atoms with van der Waals surface area (Å²) in [6, 6.07) is 1.14. The Morgan fingerprint density at radius 3 is 2.87 bits per heavy atom. The van der Waals surface area contributed by atoms with Gasteiger partial charge in [0.1, 0.15) is 5.69 Å². The topological polar surface area (TPSA) is 110 Å². The Morgan fingerprint density at radius 2 is 2.22 bits per heavy atom. The first-order valence-electron chi connectivity index (χ1n) is 6.71. The Hall–Kier alpha value is -2.68. The Labute approximate surface area is 135 Å². The molecule has 0 fully saturated rings. The number of pyridine rings is 1. The predicted octanol–water partition coefficient (Wildman–Crippen LogP) is 1.20. The summed E-state index contributed by atoms with van der Waals surface area (Å²) in [5, 5.41) is 4.53. The number of anilines is 1. The maximum Gasteiger partial charge on any atom is 0.311 e. The quantitative estimate of drug-likeness (QED) is 0.766. The lowest BCUT2D eigenvalue weighted by molar-refractivity contribution is -0.142. The summed E-state index contributed by atoms with van der Waals surface area (Å²) in [5.41, 5.74) is 0.184. The number of methoxy groups -OCH3 is 1. The fraction of sp³-hybridized carbons (Fsp3) is 0.286. The highest BCUT2D eigenvalue weighted by atomic mass is 32.1. The minimum Gasteiger partial charge on any atom is -0.491 e. The summed E-state index contributed by atoms with van der Waals surface area (Å²) in [6.45, 7) is 2.03. The van der Waals surface area contributed by atoms with E-state index in [1.54, 1.807) is 12.3 Å². The first-order valence-corrected chi connectivity index (χ1v) is 7.59. The Morgan fingerprint density at radius 1 is 1.43 bits per heavy atom. The molecule has 0 aliphatic heterocycles. The molecule has 0 aliphatic carbocycles. The van der Waals surface area contributed by atoms with E-state index in [9.17, 15) is 14.4 Å². The van der Waals surface area contributed by atoms with Crippen LogP contribution in [0.1, 0.15) is 23.1 Å². The second-order valence-electron chi connectivity index (χ2n) is 4.36. The number of carbonyl (C=O) groups excluding carboxylic acids is 2. The molecule has 0 bridgehead atoms. The molecule has 2 rings (SSSR count). The number of aromatic nitrogens is 2. The van der Waals surface area contributed by atoms with Gasteiger partial charge in [0.05, 0.1) is 25.8 Å². The number of H-pyrrole nitrogens is 1. The van der Waals surface area contributed by atoms with Crippen molar-refractivity contribution in [3.63, 3.8) is 0 Å². The number of hydrogen-bond donors (Lipinski definition) is 2. The number of carbonyl (C=O) groups is 2. The molecule has 0 aromatic carbocycles. The second kappa shape index (κ2) is 7.54. The van der Waals surface area contributed by atoms with Gasteiger partial charge in [0.15, 0.2) is 10.9 Å². The molecule has 0 atom stereocenters. The number of nitrogens with one attached hydrogen (secondary N) is 2. The lowest BCUT2D eigenvalue weighted by Crippen LogP contribution is -2.17. The molecule has 2 aromatic heterocycles. The largest absolute Gasteiger partial charge is 0.491 e. The number of nitrogens with zero attached hydrogens (tertiary/aromatic N) is 1. The number of hydrogen-bond acceptors (Lipinski definition) is 7. The number of aromatic amines is 1. The number of amides is 1. The van der Waals surface area contributed by atoms with Gasteiger partial charge in [-0.3, -0.25) is 19.7 Å². The van der Waals surface area contributed by atoms with Crippen LogP contribution in [0.2, 0.25) is 0 Å². The lowest BCUT2D eigenvalue weighted by Gasteiger charge is -2.03. The number of ether oxygens (including phenoxy) is 2. The highest BCUT2D eigenvalue weighted by molar-refractivity contribution is 7.14. The van der Waals surface area contributed by atoms with Crippen LogP contribution < -0.4 is 15.5 Å². The Balaban J connectivity index is 2.03. The normalized spacial score (nSPS) is 10.2. The molecule has 2 aromatic rings. The van der Waals surface area contributed by atoms with Crippen molar-refractivity contribution in [3.8, 4) is 5.75 Å². The third-order valence-electron chi connectivity index (χ3n) is 2.74. The molecule has 122 valence electrons. The Kier molecular flexibility index (Phi) is 5.47. The zero-order chi connectivity index (χ0) is 16.8. The molecule has 8 nitrogen and oxygen atoms in total. The van der Waals surface area contributed by atoms with Crippen LogP contribution >= 0.6 is 11.3 Å². The molecule has 0 unspecified atom stereocenters. The summed E-state index contributed by atoms with van der Waals surface area (Å²) in [6.07, 6.45) is 1.35. The van der Waals surface area contributed by atoms with E-state index in [2.05, 4.69) is 15.3 Å². The maximum atomic E-state index is 12.1. The van der Waals surface area contributed by atoms with Crippen LogP contribution in [0.4, 0.5) is 5.13 Å². The predicted molar refractivity (Wildman–Crippen MR) is 84.0 cm³/mol. The van der Waals surface area contributed by atoms with Crippen LogP contribution in [-0.4, -0.2) is 35.6 Å². The van der Waals surface area contributed by atoms with Gasteiger partial charge < -0.3 is 14.5 Å². The molecule has 1 amide bonds. The average molecular weight is 337 g/mol. The van der Waals surface area contributed by atoms with E-state index in [4.69, 9.17) is 9.47 Å². The van der Waals surface area contributed by atoms with Crippen LogP contribution in [0.5, 0.6) is 5.75 Å². The average Bonchev–Trinajstić information content (AvgIpc) is 2.94. The summed E-state index contributed by atoms with van der Waals surface area (Å²) in [4.78, 5) is 41.8. The third kappa shape index (κ3) is 4.39. The molecular weight excluding hydrogens is 322 g/mol. The molecule has 2 N–H and O–H groups in total. The molecule has 0 spiro atoms. The number of esters is 1. The van der Waals surface area contributed by atoms with Crippen LogP contribution in [0.25, 0.3) is 0 Å². The van der Waals surface area contributed by atoms with E-state index in [-0.39, 0.29) is 23.8 Å². The monoisotopic (exact) mass is 337 g/mol. The van der Waals surface area contributed by atoms with Gasteiger partial charge >= 0.3 is 5.97 Å². The first-order chi connectivity index (χ1) is 11.0. The van der Waals surface area contributed by atoms with Crippen LogP contribution in [0, 0.1) is 0 Å². The third-order valence-corrected chi connectivity index (χ3v) is 3.55. The molecule has 0 saturated heterocycles. The van der Waals surface area contributed by atoms with E-state index in [1.165, 1.54) is 24.6 Å². The molecule has 0 aliphatic rings. The van der Waals surface area contributed by atoms with Gasteiger partial charge in [-0.25, -0.2) is 4.98 Å². The van der Waals surface area contributed by atoms with E-state index in [1.807, 2.05) is 0 Å². The summed E-state index contributed by atoms with van der Waals surface area (Å²) in [7, 11) is 1.37. The fourth-order valence-electron chi connectivity index (χ4n) is 1.72. The van der Waals surface area contributed by atoms with Gasteiger partial charge in [-0.1, -0.05) is 0 Å². The van der Waals surface area contributed by atoms with Crippen molar-refractivity contribution in [1.82, 2.24) is 9.97 Å². The highest BCUT2D eigenvalue weighted by Crippen LogP contribution is 2.17. The van der Waals surface area contributed by atoms with Crippen molar-refractivity contribution < 1.29 is 19.1 Å². The molecule has 9 heteroatoms. The van der Waals surface area contributed by atoms with Crippen LogP contribution in [0.3, 0.4) is 0 Å². The Bertz CT molecular complexity index is 768. The molecule has 23 heavy (non-hydrogen) atoms. The summed E-state index contributed by atoms with van der Waals surface area (Å²) < 4.78 is 9.66. The van der Waals surface area contributed by atoms with Crippen molar-refractivity contribution in [1.29, 1.82) is 0 Å². The highest BCUT2D eigenvalue weighted by Gasteiger charge is 2.13. The molecule has 0 radical (unpaired) electrons. The van der Waals surface area contributed by atoms with Gasteiger partial charge in [-0.15, -0.1) is 11.3 Å². The van der Waals surface area contributed by atoms with Crippen molar-refractivity contribution in [2.45, 2.75) is 13.3 Å². The second-order valence-corrected chi connectivity index (χ2v) is 5.22. The standard InChI is InChI=1S/C14H15N3O5S/c1-3-22-12(19)4-8-7-23-14(16-8)17-13(20)9-5-10(18)11(21-2)6-15-9/h5-7H,3-4H2,1-2H3,(H,15,18)(H,16,17,20). The molecule has 2 heterocycles. The first kappa shape index (κ1) is 16.7. The minimum atomic E-state index is -0.512. The number of thiazole rings is 1. The molecular formula is C14H15N3O5S. The van der Waals surface area contributed by atoms with Crippen LogP contribution in [0.15, 0.2) is 22.4 Å². The van der Waals surface area contributed by atoms with Gasteiger partial charge in [0.25, 0.3) is 5.91 Å². The van der Waals surface area contributed by atoms with Crippen molar-refractivity contribution in [2.24, 2.45) is 0 Å².